The predicted octanol–water partition coefficient (Wildman–Crippen LogP) is 7.14. The number of halogens is 1. The first-order valence-electron chi connectivity index (χ1n) is 12.1. The average molecular weight is 531 g/mol. The van der Waals surface area contributed by atoms with E-state index >= 15 is 0 Å². The molecule has 0 aliphatic carbocycles. The van der Waals surface area contributed by atoms with Crippen molar-refractivity contribution in [1.29, 1.82) is 0 Å². The smallest absolute Gasteiger partial charge is 0.224 e. The average Bonchev–Trinajstić information content (AvgIpc) is 3.52. The molecule has 2 N–H and O–H groups in total. The Kier molecular flexibility index (Phi) is 7.00. The van der Waals surface area contributed by atoms with Crippen LogP contribution in [-0.2, 0) is 4.79 Å². The Morgan fingerprint density at radius 2 is 1.97 bits per heavy atom. The van der Waals surface area contributed by atoms with Crippen molar-refractivity contribution in [3.05, 3.63) is 101 Å². The summed E-state index contributed by atoms with van der Waals surface area (Å²) in [6, 6.07) is 21.0. The van der Waals surface area contributed by atoms with Gasteiger partial charge in [0.1, 0.15) is 17.6 Å². The highest BCUT2D eigenvalue weighted by Gasteiger charge is 2.42. The number of pyridine rings is 1. The monoisotopic (exact) mass is 530 g/mol. The molecule has 188 valence electrons. The number of aryl methyl sites for hydroxylation is 1. The molecule has 1 saturated heterocycles. The molecular weight excluding hydrogens is 504 g/mol. The number of carbonyl (C=O) groups is 1. The number of nitrogens with zero attached hydrogens (tertiary/aromatic N) is 2. The summed E-state index contributed by atoms with van der Waals surface area (Å²) >= 11 is 12.2. The van der Waals surface area contributed by atoms with Crippen LogP contribution in [0.4, 0.5) is 11.4 Å². The zero-order valence-electron chi connectivity index (χ0n) is 20.8. The van der Waals surface area contributed by atoms with Crippen molar-refractivity contribution >= 4 is 46.2 Å². The van der Waals surface area contributed by atoms with Crippen LogP contribution in [-0.4, -0.2) is 16.0 Å². The van der Waals surface area contributed by atoms with Gasteiger partial charge in [-0.15, -0.1) is 0 Å². The Morgan fingerprint density at radius 3 is 2.70 bits per heavy atom. The lowest BCUT2D eigenvalue weighted by atomic mass is 10.0. The van der Waals surface area contributed by atoms with Gasteiger partial charge in [-0.3, -0.25) is 9.78 Å². The summed E-state index contributed by atoms with van der Waals surface area (Å²) in [7, 11) is 0. The number of thiocarbonyl (C=S) groups is 1. The molecule has 0 spiro atoms. The van der Waals surface area contributed by atoms with Crippen molar-refractivity contribution in [1.82, 2.24) is 10.3 Å². The lowest BCUT2D eigenvalue weighted by Crippen LogP contribution is -2.29. The summed E-state index contributed by atoms with van der Waals surface area (Å²) in [5.41, 5.74) is 5.38. The minimum Gasteiger partial charge on any atom is -0.459 e. The molecule has 2 aromatic carbocycles. The summed E-state index contributed by atoms with van der Waals surface area (Å²) in [6.45, 7) is 5.79. The molecular formula is C29H27ClN4O2S. The highest BCUT2D eigenvalue weighted by atomic mass is 35.5. The fourth-order valence-electron chi connectivity index (χ4n) is 4.63. The maximum atomic E-state index is 11.9. The third kappa shape index (κ3) is 4.84. The molecule has 0 radical (unpaired) electrons. The van der Waals surface area contributed by atoms with Crippen molar-refractivity contribution in [3.8, 4) is 11.3 Å². The molecule has 37 heavy (non-hydrogen) atoms. The van der Waals surface area contributed by atoms with Crippen molar-refractivity contribution in [2.45, 2.75) is 39.3 Å². The second-order valence-corrected chi connectivity index (χ2v) is 9.81. The van der Waals surface area contributed by atoms with Crippen LogP contribution in [0.25, 0.3) is 11.3 Å². The fraction of sp³-hybridized carbons (Fsp3) is 0.207. The number of furan rings is 1. The number of anilines is 2. The molecule has 1 fully saturated rings. The quantitative estimate of drug-likeness (QED) is 0.258. The van der Waals surface area contributed by atoms with Gasteiger partial charge >= 0.3 is 0 Å². The molecule has 0 unspecified atom stereocenters. The van der Waals surface area contributed by atoms with Crippen LogP contribution in [0, 0.1) is 13.8 Å². The highest BCUT2D eigenvalue weighted by Crippen LogP contribution is 2.44. The minimum atomic E-state index is -0.286. The van der Waals surface area contributed by atoms with Crippen LogP contribution >= 0.6 is 23.8 Å². The highest BCUT2D eigenvalue weighted by molar-refractivity contribution is 7.80. The molecule has 0 saturated carbocycles. The Bertz CT molecular complexity index is 1470. The first-order valence-corrected chi connectivity index (χ1v) is 12.9. The van der Waals surface area contributed by atoms with Gasteiger partial charge in [-0.2, -0.15) is 0 Å². The van der Waals surface area contributed by atoms with Gasteiger partial charge < -0.3 is 20.0 Å². The molecule has 3 heterocycles. The first kappa shape index (κ1) is 25.0. The van der Waals surface area contributed by atoms with Crippen LogP contribution in [0.2, 0.25) is 5.02 Å². The summed E-state index contributed by atoms with van der Waals surface area (Å²) < 4.78 is 6.48. The maximum Gasteiger partial charge on any atom is 0.224 e. The maximum absolute atomic E-state index is 11.9. The molecule has 1 amide bonds. The van der Waals surface area contributed by atoms with Gasteiger partial charge in [0.2, 0.25) is 5.91 Å². The SMILES string of the molecule is CCC(=O)Nc1ccc(N2C(=S)N[C@H](c3ccccn3)[C@@H]2c2ccc(-c3cccc(Cl)c3C)o2)cc1C. The molecule has 1 aliphatic rings. The van der Waals surface area contributed by atoms with E-state index in [9.17, 15) is 4.79 Å². The van der Waals surface area contributed by atoms with Gasteiger partial charge in [0.15, 0.2) is 5.11 Å². The third-order valence-corrected chi connectivity index (χ3v) is 7.36. The van der Waals surface area contributed by atoms with E-state index in [0.29, 0.717) is 16.6 Å². The zero-order chi connectivity index (χ0) is 26.1. The van der Waals surface area contributed by atoms with Crippen molar-refractivity contribution < 1.29 is 9.21 Å². The molecule has 5 rings (SSSR count). The fourth-order valence-corrected chi connectivity index (χ4v) is 5.15. The number of amides is 1. The van der Waals surface area contributed by atoms with Crippen LogP contribution in [0.1, 0.15) is 48.0 Å². The number of rotatable bonds is 6. The Morgan fingerprint density at radius 1 is 1.14 bits per heavy atom. The van der Waals surface area contributed by atoms with Crippen LogP contribution in [0.3, 0.4) is 0 Å². The molecule has 4 aromatic rings. The van der Waals surface area contributed by atoms with E-state index in [1.807, 2.05) is 87.5 Å². The van der Waals surface area contributed by atoms with E-state index in [4.69, 9.17) is 28.2 Å². The number of aromatic nitrogens is 1. The number of benzene rings is 2. The van der Waals surface area contributed by atoms with Gasteiger partial charge in [-0.25, -0.2) is 0 Å². The largest absolute Gasteiger partial charge is 0.459 e. The Labute approximate surface area is 226 Å². The molecule has 8 heteroatoms. The van der Waals surface area contributed by atoms with E-state index in [-0.39, 0.29) is 18.0 Å². The Hall–Kier alpha value is -3.68. The lowest BCUT2D eigenvalue weighted by molar-refractivity contribution is -0.115. The molecule has 6 nitrogen and oxygen atoms in total. The first-order chi connectivity index (χ1) is 17.9. The van der Waals surface area contributed by atoms with Crippen molar-refractivity contribution in [3.63, 3.8) is 0 Å². The van der Waals surface area contributed by atoms with E-state index in [0.717, 1.165) is 45.3 Å². The van der Waals surface area contributed by atoms with Crippen LogP contribution < -0.4 is 15.5 Å². The standard InChI is InChI=1S/C29H27ClN4O2S/c1-4-26(35)32-22-12-11-19(16-17(22)2)34-28(27(33-29(34)37)23-10-5-6-15-31-23)25-14-13-24(36-25)20-8-7-9-21(30)18(20)3/h5-16,27-28H,4H2,1-3H3,(H,32,35)(H,33,37)/t27-,28+/m1/s1. The van der Waals surface area contributed by atoms with E-state index < -0.39 is 0 Å². The summed E-state index contributed by atoms with van der Waals surface area (Å²) in [5, 5.41) is 7.67. The molecule has 2 aromatic heterocycles. The van der Waals surface area contributed by atoms with Crippen molar-refractivity contribution in [2.24, 2.45) is 0 Å². The van der Waals surface area contributed by atoms with Crippen molar-refractivity contribution in [2.75, 3.05) is 10.2 Å². The number of carbonyl (C=O) groups excluding carboxylic acids is 1. The van der Waals surface area contributed by atoms with Gasteiger partial charge in [0.05, 0.1) is 11.7 Å². The second-order valence-electron chi connectivity index (χ2n) is 9.01. The summed E-state index contributed by atoms with van der Waals surface area (Å²) in [6.07, 6.45) is 2.19. The predicted molar refractivity (Wildman–Crippen MR) is 152 cm³/mol. The Balaban J connectivity index is 1.58. The number of hydrogen-bond acceptors (Lipinski definition) is 4. The minimum absolute atomic E-state index is 0.0262. The lowest BCUT2D eigenvalue weighted by Gasteiger charge is -2.27. The van der Waals surface area contributed by atoms with E-state index in [1.54, 1.807) is 6.20 Å². The van der Waals surface area contributed by atoms with E-state index in [1.165, 1.54) is 0 Å². The summed E-state index contributed by atoms with van der Waals surface area (Å²) in [4.78, 5) is 18.6. The van der Waals surface area contributed by atoms with Crippen LogP contribution in [0.5, 0.6) is 0 Å². The molecule has 0 bridgehead atoms. The van der Waals surface area contributed by atoms with Gasteiger partial charge in [-0.1, -0.05) is 36.7 Å². The normalized spacial score (nSPS) is 17.1. The second kappa shape index (κ2) is 10.4. The van der Waals surface area contributed by atoms with Gasteiger partial charge in [0.25, 0.3) is 0 Å². The molecule has 2 atom stereocenters. The number of hydrogen-bond donors (Lipinski definition) is 2. The van der Waals surface area contributed by atoms with Crippen LogP contribution in [0.15, 0.2) is 77.3 Å². The van der Waals surface area contributed by atoms with Gasteiger partial charge in [-0.05, 0) is 85.7 Å². The third-order valence-electron chi connectivity index (χ3n) is 6.63. The zero-order valence-corrected chi connectivity index (χ0v) is 22.4. The summed E-state index contributed by atoms with van der Waals surface area (Å²) in [5.74, 6) is 1.46. The molecule has 1 aliphatic heterocycles. The number of nitrogens with one attached hydrogen (secondary N) is 2. The van der Waals surface area contributed by atoms with E-state index in [2.05, 4.69) is 20.5 Å². The topological polar surface area (TPSA) is 70.4 Å². The van der Waals surface area contributed by atoms with Gasteiger partial charge in [0, 0.05) is 34.6 Å².